The number of ether oxygens (including phenoxy) is 1. The van der Waals surface area contributed by atoms with Gasteiger partial charge in [-0.2, -0.15) is 13.2 Å². The number of aromatic hydroxyl groups is 1. The molecule has 1 aliphatic rings. The molecule has 0 aromatic heterocycles. The lowest BCUT2D eigenvalue weighted by Crippen LogP contribution is -2.42. The summed E-state index contributed by atoms with van der Waals surface area (Å²) in [6.07, 6.45) is -4.48. The van der Waals surface area contributed by atoms with E-state index >= 15 is 0 Å². The second kappa shape index (κ2) is 3.38. The molecule has 0 saturated heterocycles. The highest BCUT2D eigenvalue weighted by atomic mass is 19.4. The van der Waals surface area contributed by atoms with Crippen LogP contribution in [0, 0.1) is 0 Å². The zero-order valence-electron chi connectivity index (χ0n) is 8.64. The molecule has 88 valence electrons. The summed E-state index contributed by atoms with van der Waals surface area (Å²) >= 11 is 0. The molecule has 1 aliphatic carbocycles. The molecule has 5 heteroatoms. The van der Waals surface area contributed by atoms with Crippen LogP contribution < -0.4 is 0 Å². The maximum atomic E-state index is 13.0. The highest BCUT2D eigenvalue weighted by molar-refractivity contribution is 5.47. The molecule has 0 bridgehead atoms. The van der Waals surface area contributed by atoms with Crippen LogP contribution in [-0.2, 0) is 16.8 Å². The molecule has 2 nitrogen and oxygen atoms in total. The Morgan fingerprint density at radius 3 is 2.62 bits per heavy atom. The second-order valence-electron chi connectivity index (χ2n) is 3.83. The average molecular weight is 232 g/mol. The molecule has 1 aromatic rings. The Morgan fingerprint density at radius 1 is 1.38 bits per heavy atom. The van der Waals surface area contributed by atoms with E-state index in [1.165, 1.54) is 18.2 Å². The smallest absolute Gasteiger partial charge is 0.421 e. The first-order valence-electron chi connectivity index (χ1n) is 4.85. The van der Waals surface area contributed by atoms with E-state index in [0.717, 1.165) is 7.11 Å². The monoisotopic (exact) mass is 232 g/mol. The van der Waals surface area contributed by atoms with Crippen LogP contribution in [0.15, 0.2) is 18.2 Å². The summed E-state index contributed by atoms with van der Waals surface area (Å²) in [6.45, 7) is 0. The standard InChI is InChI=1S/C11H11F3O2/c1-16-10(11(12,13)14)6-5-7-8(10)3-2-4-9(7)15/h2-4,15H,5-6H2,1H3. The normalized spacial score (nSPS) is 24.5. The van der Waals surface area contributed by atoms with E-state index in [4.69, 9.17) is 4.74 Å². The lowest BCUT2D eigenvalue weighted by molar-refractivity contribution is -0.275. The molecule has 0 saturated carbocycles. The number of hydrogen-bond donors (Lipinski definition) is 1. The summed E-state index contributed by atoms with van der Waals surface area (Å²) < 4.78 is 43.8. The van der Waals surface area contributed by atoms with Crippen LogP contribution in [0.2, 0.25) is 0 Å². The van der Waals surface area contributed by atoms with Gasteiger partial charge in [-0.1, -0.05) is 12.1 Å². The molecule has 0 fully saturated rings. The summed E-state index contributed by atoms with van der Waals surface area (Å²) in [5.74, 6) is -0.0966. The van der Waals surface area contributed by atoms with Gasteiger partial charge in [-0.25, -0.2) is 0 Å². The van der Waals surface area contributed by atoms with E-state index in [1.807, 2.05) is 0 Å². The van der Waals surface area contributed by atoms with Gasteiger partial charge in [0.2, 0.25) is 0 Å². The summed E-state index contributed by atoms with van der Waals surface area (Å²) in [5, 5.41) is 9.50. The zero-order valence-corrected chi connectivity index (χ0v) is 8.64. The molecule has 1 aromatic carbocycles. The third kappa shape index (κ3) is 1.31. The summed E-state index contributed by atoms with van der Waals surface area (Å²) in [5.41, 5.74) is -1.90. The number of alkyl halides is 3. The molecule has 0 amide bonds. The number of hydrogen-bond acceptors (Lipinski definition) is 2. The van der Waals surface area contributed by atoms with Crippen molar-refractivity contribution in [1.29, 1.82) is 0 Å². The van der Waals surface area contributed by atoms with Crippen molar-refractivity contribution < 1.29 is 23.0 Å². The fraction of sp³-hybridized carbons (Fsp3) is 0.455. The first-order valence-corrected chi connectivity index (χ1v) is 4.85. The van der Waals surface area contributed by atoms with E-state index in [2.05, 4.69) is 0 Å². The topological polar surface area (TPSA) is 29.5 Å². The van der Waals surface area contributed by atoms with Crippen LogP contribution >= 0.6 is 0 Å². The molecular formula is C11H11F3O2. The van der Waals surface area contributed by atoms with Crippen molar-refractivity contribution in [2.45, 2.75) is 24.6 Å². The Balaban J connectivity index is 2.61. The number of halogens is 3. The van der Waals surface area contributed by atoms with Gasteiger partial charge in [0.15, 0.2) is 5.60 Å². The average Bonchev–Trinajstić information content (AvgIpc) is 2.58. The highest BCUT2D eigenvalue weighted by Gasteiger charge is 2.59. The molecule has 1 N–H and O–H groups in total. The number of benzene rings is 1. The quantitative estimate of drug-likeness (QED) is 0.806. The largest absolute Gasteiger partial charge is 0.508 e. The van der Waals surface area contributed by atoms with Crippen LogP contribution in [0.4, 0.5) is 13.2 Å². The maximum Gasteiger partial charge on any atom is 0.421 e. The summed E-state index contributed by atoms with van der Waals surface area (Å²) in [7, 11) is 1.05. The van der Waals surface area contributed by atoms with Crippen LogP contribution in [0.5, 0.6) is 5.75 Å². The van der Waals surface area contributed by atoms with Crippen LogP contribution in [0.3, 0.4) is 0 Å². The fourth-order valence-electron chi connectivity index (χ4n) is 2.27. The third-order valence-corrected chi connectivity index (χ3v) is 3.12. The molecule has 1 atom stereocenters. The number of phenols is 1. The minimum absolute atomic E-state index is 0.0301. The van der Waals surface area contributed by atoms with Gasteiger partial charge >= 0.3 is 6.18 Å². The van der Waals surface area contributed by atoms with E-state index in [1.54, 1.807) is 0 Å². The van der Waals surface area contributed by atoms with Crippen molar-refractivity contribution in [3.63, 3.8) is 0 Å². The lowest BCUT2D eigenvalue weighted by atomic mass is 9.95. The molecular weight excluding hydrogens is 221 g/mol. The first kappa shape index (κ1) is 11.3. The Labute approximate surface area is 90.7 Å². The first-order chi connectivity index (χ1) is 7.42. The van der Waals surface area contributed by atoms with Gasteiger partial charge in [0.05, 0.1) is 0 Å². The number of methoxy groups -OCH3 is 1. The molecule has 0 heterocycles. The molecule has 0 aliphatic heterocycles. The van der Waals surface area contributed by atoms with Gasteiger partial charge in [0.1, 0.15) is 5.75 Å². The van der Waals surface area contributed by atoms with Crippen LogP contribution in [0.25, 0.3) is 0 Å². The van der Waals surface area contributed by atoms with E-state index in [0.29, 0.717) is 5.56 Å². The van der Waals surface area contributed by atoms with Crippen molar-refractivity contribution in [1.82, 2.24) is 0 Å². The molecule has 0 spiro atoms. The predicted molar refractivity (Wildman–Crippen MR) is 51.2 cm³/mol. The van der Waals surface area contributed by atoms with E-state index in [-0.39, 0.29) is 24.2 Å². The fourth-order valence-corrected chi connectivity index (χ4v) is 2.27. The van der Waals surface area contributed by atoms with Gasteiger partial charge in [-0.15, -0.1) is 0 Å². The lowest BCUT2D eigenvalue weighted by Gasteiger charge is -2.31. The van der Waals surface area contributed by atoms with Gasteiger partial charge < -0.3 is 9.84 Å². The van der Waals surface area contributed by atoms with E-state index < -0.39 is 11.8 Å². The summed E-state index contributed by atoms with van der Waals surface area (Å²) in [4.78, 5) is 0. The molecule has 2 rings (SSSR count). The zero-order chi connectivity index (χ0) is 12.0. The Morgan fingerprint density at radius 2 is 2.06 bits per heavy atom. The van der Waals surface area contributed by atoms with Gasteiger partial charge in [-0.3, -0.25) is 0 Å². The van der Waals surface area contributed by atoms with Gasteiger partial charge in [0, 0.05) is 12.7 Å². The predicted octanol–water partition coefficient (Wildman–Crippen LogP) is 2.74. The van der Waals surface area contributed by atoms with Crippen molar-refractivity contribution in [3.05, 3.63) is 29.3 Å². The minimum Gasteiger partial charge on any atom is -0.508 e. The second-order valence-corrected chi connectivity index (χ2v) is 3.83. The Kier molecular flexibility index (Phi) is 2.38. The van der Waals surface area contributed by atoms with Crippen molar-refractivity contribution >= 4 is 0 Å². The molecule has 0 radical (unpaired) electrons. The van der Waals surface area contributed by atoms with Crippen molar-refractivity contribution in [2.24, 2.45) is 0 Å². The maximum absolute atomic E-state index is 13.0. The number of rotatable bonds is 1. The summed E-state index contributed by atoms with van der Waals surface area (Å²) in [6, 6.07) is 4.15. The Bertz CT molecular complexity index is 414. The Hall–Kier alpha value is -1.23. The minimum atomic E-state index is -4.47. The van der Waals surface area contributed by atoms with Gasteiger partial charge in [-0.05, 0) is 24.5 Å². The number of fused-ring (bicyclic) bond motifs is 1. The van der Waals surface area contributed by atoms with Crippen molar-refractivity contribution in [3.8, 4) is 5.75 Å². The number of phenolic OH excluding ortho intramolecular Hbond substituents is 1. The van der Waals surface area contributed by atoms with Crippen molar-refractivity contribution in [2.75, 3.05) is 7.11 Å². The third-order valence-electron chi connectivity index (χ3n) is 3.12. The van der Waals surface area contributed by atoms with E-state index in [9.17, 15) is 18.3 Å². The van der Waals surface area contributed by atoms with Crippen LogP contribution in [-0.4, -0.2) is 18.4 Å². The highest BCUT2D eigenvalue weighted by Crippen LogP contribution is 2.51. The molecule has 16 heavy (non-hydrogen) atoms. The van der Waals surface area contributed by atoms with Gasteiger partial charge in [0.25, 0.3) is 0 Å². The SMILES string of the molecule is COC1(C(F)(F)F)CCc2c(O)cccc21. The molecule has 1 unspecified atom stereocenters. The van der Waals surface area contributed by atoms with Crippen LogP contribution in [0.1, 0.15) is 17.5 Å².